The minimum Gasteiger partial charge on any atom is -0.486 e. The highest BCUT2D eigenvalue weighted by atomic mass is 16.6. The molecule has 0 aliphatic carbocycles. The maximum atomic E-state index is 11.4. The molecule has 0 aliphatic heterocycles. The van der Waals surface area contributed by atoms with Gasteiger partial charge in [-0.05, 0) is 13.0 Å². The monoisotopic (exact) mass is 297 g/mol. The summed E-state index contributed by atoms with van der Waals surface area (Å²) in [6.45, 7) is 1.44. The molecule has 114 valence electrons. The second-order valence-corrected chi connectivity index (χ2v) is 4.17. The first-order valence-corrected chi connectivity index (χ1v) is 5.98. The Kier molecular flexibility index (Phi) is 5.65. The van der Waals surface area contributed by atoms with Crippen molar-refractivity contribution in [1.29, 1.82) is 0 Å². The second kappa shape index (κ2) is 7.22. The number of benzene rings is 1. The molecule has 0 fully saturated rings. The number of methoxy groups -OCH3 is 2. The predicted molar refractivity (Wildman–Crippen MR) is 71.1 cm³/mol. The van der Waals surface area contributed by atoms with Crippen molar-refractivity contribution in [2.45, 2.75) is 6.92 Å². The van der Waals surface area contributed by atoms with E-state index in [1.807, 2.05) is 0 Å². The fourth-order valence-corrected chi connectivity index (χ4v) is 1.51. The van der Waals surface area contributed by atoms with Gasteiger partial charge >= 0.3 is 17.6 Å². The van der Waals surface area contributed by atoms with E-state index in [9.17, 15) is 19.7 Å². The molecule has 1 aromatic rings. The van der Waals surface area contributed by atoms with Crippen LogP contribution in [0.3, 0.4) is 0 Å². The van der Waals surface area contributed by atoms with Crippen LogP contribution in [-0.4, -0.2) is 37.7 Å². The van der Waals surface area contributed by atoms with Gasteiger partial charge in [0.25, 0.3) is 0 Å². The van der Waals surface area contributed by atoms with Crippen LogP contribution >= 0.6 is 0 Å². The number of esters is 2. The average molecular weight is 297 g/mol. The Hall–Kier alpha value is -2.64. The molecule has 8 heteroatoms. The summed E-state index contributed by atoms with van der Waals surface area (Å²) in [6, 6.07) is 3.61. The van der Waals surface area contributed by atoms with E-state index in [1.54, 1.807) is 6.92 Å². The van der Waals surface area contributed by atoms with Crippen molar-refractivity contribution in [3.8, 4) is 5.75 Å². The van der Waals surface area contributed by atoms with Crippen molar-refractivity contribution in [2.24, 2.45) is 5.92 Å². The van der Waals surface area contributed by atoms with Crippen molar-refractivity contribution < 1.29 is 28.7 Å². The van der Waals surface area contributed by atoms with Crippen LogP contribution in [-0.2, 0) is 14.3 Å². The summed E-state index contributed by atoms with van der Waals surface area (Å²) >= 11 is 0. The molecule has 0 N–H and O–H groups in total. The molecule has 1 aromatic carbocycles. The van der Waals surface area contributed by atoms with Gasteiger partial charge in [-0.25, -0.2) is 4.79 Å². The number of carbonyl (C=O) groups excluding carboxylic acids is 2. The van der Waals surface area contributed by atoms with Gasteiger partial charge in [-0.15, -0.1) is 0 Å². The minimum absolute atomic E-state index is 0.112. The highest BCUT2D eigenvalue weighted by Crippen LogP contribution is 2.28. The van der Waals surface area contributed by atoms with Crippen molar-refractivity contribution >= 4 is 17.6 Å². The molecular formula is C13H15NO7. The molecule has 0 aromatic heterocycles. The smallest absolute Gasteiger partial charge is 0.337 e. The van der Waals surface area contributed by atoms with E-state index >= 15 is 0 Å². The third-order valence-electron chi connectivity index (χ3n) is 2.67. The van der Waals surface area contributed by atoms with E-state index in [-0.39, 0.29) is 23.6 Å². The highest BCUT2D eigenvalue weighted by Gasteiger charge is 2.21. The summed E-state index contributed by atoms with van der Waals surface area (Å²) in [5, 5.41) is 10.9. The molecule has 0 spiro atoms. The van der Waals surface area contributed by atoms with Gasteiger partial charge in [-0.2, -0.15) is 0 Å². The van der Waals surface area contributed by atoms with E-state index in [2.05, 4.69) is 9.47 Å². The maximum Gasteiger partial charge on any atom is 0.337 e. The number of rotatable bonds is 6. The standard InChI is InChI=1S/C13H15NO7/c1-8(12(15)19-2)7-21-11-6-9(13(16)20-3)4-5-10(11)14(17)18/h4-6,8H,7H2,1-3H3/t8-/m0/s1. The zero-order chi connectivity index (χ0) is 16.0. The molecule has 0 saturated heterocycles. The molecule has 0 unspecified atom stereocenters. The SMILES string of the molecule is COC(=O)c1ccc([N+](=O)[O-])c(OC[C@H](C)C(=O)OC)c1. The fourth-order valence-electron chi connectivity index (χ4n) is 1.51. The summed E-state index contributed by atoms with van der Waals surface area (Å²) in [5.41, 5.74) is -0.191. The van der Waals surface area contributed by atoms with Crippen LogP contribution in [0.1, 0.15) is 17.3 Å². The second-order valence-electron chi connectivity index (χ2n) is 4.17. The van der Waals surface area contributed by atoms with Crippen molar-refractivity contribution in [2.75, 3.05) is 20.8 Å². The zero-order valence-corrected chi connectivity index (χ0v) is 11.8. The molecule has 0 aliphatic rings. The maximum absolute atomic E-state index is 11.4. The van der Waals surface area contributed by atoms with Crippen LogP contribution in [0.2, 0.25) is 0 Å². The van der Waals surface area contributed by atoms with Gasteiger partial charge in [0.05, 0.1) is 30.6 Å². The summed E-state index contributed by atoms with van der Waals surface area (Å²) < 4.78 is 14.3. The molecule has 21 heavy (non-hydrogen) atoms. The highest BCUT2D eigenvalue weighted by molar-refractivity contribution is 5.90. The topological polar surface area (TPSA) is 105 Å². The first-order chi connectivity index (χ1) is 9.90. The van der Waals surface area contributed by atoms with E-state index in [0.29, 0.717) is 0 Å². The lowest BCUT2D eigenvalue weighted by Crippen LogP contribution is -2.20. The van der Waals surface area contributed by atoms with E-state index < -0.39 is 22.8 Å². The van der Waals surface area contributed by atoms with Gasteiger partial charge in [0.1, 0.15) is 6.61 Å². The van der Waals surface area contributed by atoms with E-state index in [0.717, 1.165) is 6.07 Å². The fraction of sp³-hybridized carbons (Fsp3) is 0.385. The molecule has 0 bridgehead atoms. The number of hydrogen-bond acceptors (Lipinski definition) is 7. The summed E-state index contributed by atoms with van der Waals surface area (Å²) in [4.78, 5) is 33.0. The lowest BCUT2D eigenvalue weighted by Gasteiger charge is -2.12. The largest absolute Gasteiger partial charge is 0.486 e. The third-order valence-corrected chi connectivity index (χ3v) is 2.67. The molecule has 0 amide bonds. The third kappa shape index (κ3) is 4.16. The summed E-state index contributed by atoms with van der Waals surface area (Å²) in [5.74, 6) is -1.85. The lowest BCUT2D eigenvalue weighted by molar-refractivity contribution is -0.385. The predicted octanol–water partition coefficient (Wildman–Crippen LogP) is 1.57. The Bertz CT molecular complexity index is 555. The quantitative estimate of drug-likeness (QED) is 0.445. The number of nitrogens with zero attached hydrogens (tertiary/aromatic N) is 1. The average Bonchev–Trinajstić information content (AvgIpc) is 2.50. The molecule has 0 heterocycles. The van der Waals surface area contributed by atoms with Crippen LogP contribution in [0.4, 0.5) is 5.69 Å². The Morgan fingerprint density at radius 1 is 1.29 bits per heavy atom. The Morgan fingerprint density at radius 3 is 2.48 bits per heavy atom. The van der Waals surface area contributed by atoms with E-state index in [4.69, 9.17) is 4.74 Å². The summed E-state index contributed by atoms with van der Waals surface area (Å²) in [7, 11) is 2.43. The lowest BCUT2D eigenvalue weighted by atomic mass is 10.2. The Morgan fingerprint density at radius 2 is 1.95 bits per heavy atom. The van der Waals surface area contributed by atoms with Gasteiger partial charge < -0.3 is 14.2 Å². The van der Waals surface area contributed by atoms with Crippen LogP contribution < -0.4 is 4.74 Å². The first kappa shape index (κ1) is 16.4. The zero-order valence-electron chi connectivity index (χ0n) is 11.8. The number of carbonyl (C=O) groups is 2. The van der Waals surface area contributed by atoms with Gasteiger partial charge in [-0.1, -0.05) is 0 Å². The van der Waals surface area contributed by atoms with Crippen molar-refractivity contribution in [3.63, 3.8) is 0 Å². The number of ether oxygens (including phenoxy) is 3. The molecule has 8 nitrogen and oxygen atoms in total. The Labute approximate surface area is 120 Å². The van der Waals surface area contributed by atoms with Crippen LogP contribution in [0.15, 0.2) is 18.2 Å². The molecular weight excluding hydrogens is 282 g/mol. The number of nitro groups is 1. The Balaban J connectivity index is 2.99. The number of nitro benzene ring substituents is 1. The molecule has 1 atom stereocenters. The molecule has 0 saturated carbocycles. The first-order valence-electron chi connectivity index (χ1n) is 5.98. The summed E-state index contributed by atoms with van der Waals surface area (Å²) in [6.07, 6.45) is 0. The van der Waals surface area contributed by atoms with Gasteiger partial charge in [0.15, 0.2) is 5.75 Å². The van der Waals surface area contributed by atoms with E-state index in [1.165, 1.54) is 26.4 Å². The van der Waals surface area contributed by atoms with Crippen LogP contribution in [0.25, 0.3) is 0 Å². The normalized spacial score (nSPS) is 11.4. The van der Waals surface area contributed by atoms with Gasteiger partial charge in [-0.3, -0.25) is 14.9 Å². The van der Waals surface area contributed by atoms with Crippen LogP contribution in [0.5, 0.6) is 5.75 Å². The van der Waals surface area contributed by atoms with Crippen LogP contribution in [0, 0.1) is 16.0 Å². The van der Waals surface area contributed by atoms with Gasteiger partial charge in [0, 0.05) is 12.1 Å². The minimum atomic E-state index is -0.643. The molecule has 0 radical (unpaired) electrons. The number of hydrogen-bond donors (Lipinski definition) is 0. The molecule has 1 rings (SSSR count). The van der Waals surface area contributed by atoms with Crippen molar-refractivity contribution in [1.82, 2.24) is 0 Å². The van der Waals surface area contributed by atoms with Crippen molar-refractivity contribution in [3.05, 3.63) is 33.9 Å². The van der Waals surface area contributed by atoms with Gasteiger partial charge in [0.2, 0.25) is 0 Å².